The molecular weight excluding hydrogens is 342 g/mol. The number of carbonyl (C=O) groups is 2. The lowest BCUT2D eigenvalue weighted by Gasteiger charge is -2.37. The lowest BCUT2D eigenvalue weighted by Crippen LogP contribution is -2.49. The van der Waals surface area contributed by atoms with Crippen LogP contribution in [0.2, 0.25) is 0 Å². The Morgan fingerprint density at radius 1 is 1.27 bits per heavy atom. The zero-order chi connectivity index (χ0) is 18.9. The van der Waals surface area contributed by atoms with E-state index in [0.717, 1.165) is 25.0 Å². The van der Waals surface area contributed by atoms with Gasteiger partial charge >= 0.3 is 6.09 Å². The second-order valence-electron chi connectivity index (χ2n) is 7.24. The minimum Gasteiger partial charge on any atom is -0.441 e. The van der Waals surface area contributed by atoms with Crippen LogP contribution in [0.1, 0.15) is 49.9 Å². The van der Waals surface area contributed by atoms with Crippen LogP contribution in [-0.4, -0.2) is 53.1 Å². The molecule has 1 aromatic carbocycles. The highest BCUT2D eigenvalue weighted by molar-refractivity contribution is 5.94. The van der Waals surface area contributed by atoms with Crippen molar-refractivity contribution in [2.24, 2.45) is 0 Å². The molecule has 7 heteroatoms. The van der Waals surface area contributed by atoms with Crippen LogP contribution < -0.4 is 0 Å². The summed E-state index contributed by atoms with van der Waals surface area (Å²) in [6.07, 6.45) is 2.72. The predicted octanol–water partition coefficient (Wildman–Crippen LogP) is 3.58. The Bertz CT molecular complexity index is 702. The molecule has 2 amide bonds. The maximum absolute atomic E-state index is 13.4. The number of likely N-dealkylation sites (tertiary alicyclic amines) is 1. The third kappa shape index (κ3) is 3.52. The Kier molecular flexibility index (Phi) is 5.16. The van der Waals surface area contributed by atoms with Gasteiger partial charge in [0.1, 0.15) is 5.60 Å². The molecular formula is C19H24F2N2O3. The fourth-order valence-electron chi connectivity index (χ4n) is 3.75. The van der Waals surface area contributed by atoms with Crippen LogP contribution in [0.15, 0.2) is 18.2 Å². The van der Waals surface area contributed by atoms with E-state index < -0.39 is 17.2 Å². The summed E-state index contributed by atoms with van der Waals surface area (Å²) in [6, 6.07) is 3.30. The van der Waals surface area contributed by atoms with E-state index in [1.807, 2.05) is 6.92 Å². The van der Waals surface area contributed by atoms with Gasteiger partial charge in [-0.25, -0.2) is 13.6 Å². The maximum atomic E-state index is 13.4. The van der Waals surface area contributed by atoms with Crippen molar-refractivity contribution in [1.29, 1.82) is 0 Å². The van der Waals surface area contributed by atoms with E-state index >= 15 is 0 Å². The molecule has 2 fully saturated rings. The normalized spacial score (nSPS) is 20.4. The molecule has 142 valence electrons. The molecule has 2 saturated heterocycles. The van der Waals surface area contributed by atoms with Crippen molar-refractivity contribution >= 4 is 12.0 Å². The number of rotatable bonds is 4. The fraction of sp³-hybridized carbons (Fsp3) is 0.579. The summed E-state index contributed by atoms with van der Waals surface area (Å²) in [4.78, 5) is 28.1. The van der Waals surface area contributed by atoms with Gasteiger partial charge in [-0.3, -0.25) is 4.79 Å². The Morgan fingerprint density at radius 2 is 1.96 bits per heavy atom. The summed E-state index contributed by atoms with van der Waals surface area (Å²) >= 11 is 0. The van der Waals surface area contributed by atoms with Gasteiger partial charge in [-0.15, -0.1) is 0 Å². The largest absolute Gasteiger partial charge is 0.441 e. The maximum Gasteiger partial charge on any atom is 0.410 e. The molecule has 0 bridgehead atoms. The lowest BCUT2D eigenvalue weighted by atomic mass is 9.90. The number of carbonyl (C=O) groups excluding carboxylic acids is 2. The molecule has 3 rings (SSSR count). The second kappa shape index (κ2) is 7.21. The third-order valence-electron chi connectivity index (χ3n) is 5.36. The van der Waals surface area contributed by atoms with Gasteiger partial charge < -0.3 is 14.5 Å². The molecule has 0 aromatic heterocycles. The number of hydrogen-bond donors (Lipinski definition) is 0. The van der Waals surface area contributed by atoms with Gasteiger partial charge in [0, 0.05) is 37.5 Å². The van der Waals surface area contributed by atoms with E-state index in [0.29, 0.717) is 32.5 Å². The fourth-order valence-corrected chi connectivity index (χ4v) is 3.75. The average molecular weight is 366 g/mol. The van der Waals surface area contributed by atoms with Crippen molar-refractivity contribution in [1.82, 2.24) is 9.80 Å². The highest BCUT2D eigenvalue weighted by atomic mass is 19.2. The molecule has 1 atom stereocenters. The zero-order valence-electron chi connectivity index (χ0n) is 15.1. The topological polar surface area (TPSA) is 49.9 Å². The molecule has 0 N–H and O–H groups in total. The number of nitrogens with zero attached hydrogens (tertiary/aromatic N) is 2. The first-order chi connectivity index (χ1) is 12.3. The summed E-state index contributed by atoms with van der Waals surface area (Å²) in [5, 5.41) is 0. The van der Waals surface area contributed by atoms with Gasteiger partial charge in [0.05, 0.1) is 6.54 Å². The number of benzene rings is 1. The zero-order valence-corrected chi connectivity index (χ0v) is 15.1. The first-order valence-electron chi connectivity index (χ1n) is 9.09. The Hall–Kier alpha value is -2.18. The lowest BCUT2D eigenvalue weighted by molar-refractivity contribution is 0.00305. The van der Waals surface area contributed by atoms with Crippen LogP contribution in [0, 0.1) is 11.6 Å². The van der Waals surface area contributed by atoms with Gasteiger partial charge in [-0.05, 0) is 31.5 Å². The number of ether oxygens (including phenoxy) is 1. The summed E-state index contributed by atoms with van der Waals surface area (Å²) in [5.41, 5.74) is -0.425. The van der Waals surface area contributed by atoms with Gasteiger partial charge in [0.15, 0.2) is 11.6 Å². The smallest absolute Gasteiger partial charge is 0.410 e. The summed E-state index contributed by atoms with van der Waals surface area (Å²) < 4.78 is 32.1. The molecule has 1 unspecified atom stereocenters. The monoisotopic (exact) mass is 366 g/mol. The van der Waals surface area contributed by atoms with E-state index in [4.69, 9.17) is 4.74 Å². The molecule has 1 aromatic rings. The first-order valence-corrected chi connectivity index (χ1v) is 9.09. The van der Waals surface area contributed by atoms with Crippen molar-refractivity contribution in [3.05, 3.63) is 35.4 Å². The minimum atomic E-state index is -1.03. The second-order valence-corrected chi connectivity index (χ2v) is 7.24. The number of amides is 2. The molecule has 0 aliphatic carbocycles. The highest BCUT2D eigenvalue weighted by Gasteiger charge is 2.48. The van der Waals surface area contributed by atoms with Crippen LogP contribution in [0.4, 0.5) is 13.6 Å². The van der Waals surface area contributed by atoms with E-state index in [1.54, 1.807) is 9.80 Å². The summed E-state index contributed by atoms with van der Waals surface area (Å²) in [5.74, 6) is -2.34. The standard InChI is InChI=1S/C19H24F2N2O3/c1-3-4-13(2)23-12-19(26-18(23)25)7-9-22(10-8-19)17(24)14-5-6-15(20)16(21)11-14/h5-6,11,13H,3-4,7-10,12H2,1-2H3. The number of halogens is 2. The molecule has 2 heterocycles. The van der Waals surface area contributed by atoms with Gasteiger partial charge in [-0.1, -0.05) is 13.3 Å². The van der Waals surface area contributed by atoms with Crippen molar-refractivity contribution < 1.29 is 23.1 Å². The van der Waals surface area contributed by atoms with Crippen LogP contribution in [0.5, 0.6) is 0 Å². The van der Waals surface area contributed by atoms with E-state index in [9.17, 15) is 18.4 Å². The third-order valence-corrected chi connectivity index (χ3v) is 5.36. The minimum absolute atomic E-state index is 0.126. The molecule has 0 saturated carbocycles. The van der Waals surface area contributed by atoms with E-state index in [-0.39, 0.29) is 23.6 Å². The average Bonchev–Trinajstić information content (AvgIpc) is 2.94. The molecule has 2 aliphatic heterocycles. The van der Waals surface area contributed by atoms with Crippen LogP contribution in [-0.2, 0) is 4.74 Å². The SMILES string of the molecule is CCCC(C)N1CC2(CCN(C(=O)c3ccc(F)c(F)c3)CC2)OC1=O. The Labute approximate surface area is 151 Å². The van der Waals surface area contributed by atoms with Crippen LogP contribution in [0.25, 0.3) is 0 Å². The Balaban J connectivity index is 1.63. The molecule has 5 nitrogen and oxygen atoms in total. The highest BCUT2D eigenvalue weighted by Crippen LogP contribution is 2.35. The van der Waals surface area contributed by atoms with Crippen molar-refractivity contribution in [2.45, 2.75) is 51.2 Å². The van der Waals surface area contributed by atoms with Crippen molar-refractivity contribution in [3.8, 4) is 0 Å². The quantitative estimate of drug-likeness (QED) is 0.818. The number of hydrogen-bond acceptors (Lipinski definition) is 3. The van der Waals surface area contributed by atoms with Gasteiger partial charge in [0.25, 0.3) is 5.91 Å². The van der Waals surface area contributed by atoms with Crippen molar-refractivity contribution in [3.63, 3.8) is 0 Å². The predicted molar refractivity (Wildman–Crippen MR) is 91.8 cm³/mol. The molecule has 26 heavy (non-hydrogen) atoms. The Morgan fingerprint density at radius 3 is 2.58 bits per heavy atom. The van der Waals surface area contributed by atoms with E-state index in [1.165, 1.54) is 6.07 Å². The molecule has 0 radical (unpaired) electrons. The molecule has 2 aliphatic rings. The van der Waals surface area contributed by atoms with Crippen LogP contribution >= 0.6 is 0 Å². The van der Waals surface area contributed by atoms with Crippen molar-refractivity contribution in [2.75, 3.05) is 19.6 Å². The first kappa shape index (κ1) is 18.6. The van der Waals surface area contributed by atoms with Gasteiger partial charge in [-0.2, -0.15) is 0 Å². The summed E-state index contributed by atoms with van der Waals surface area (Å²) in [6.45, 7) is 5.48. The van der Waals surface area contributed by atoms with E-state index in [2.05, 4.69) is 6.92 Å². The molecule has 1 spiro atoms. The van der Waals surface area contributed by atoms with Gasteiger partial charge in [0.2, 0.25) is 0 Å². The summed E-state index contributed by atoms with van der Waals surface area (Å²) in [7, 11) is 0. The van der Waals surface area contributed by atoms with Crippen LogP contribution in [0.3, 0.4) is 0 Å². The number of piperidine rings is 1.